The van der Waals surface area contributed by atoms with E-state index < -0.39 is 34.8 Å². The number of hydrogen-bond acceptors (Lipinski definition) is 11. The van der Waals surface area contributed by atoms with Gasteiger partial charge in [0.05, 0.1) is 23.8 Å². The summed E-state index contributed by atoms with van der Waals surface area (Å²) in [5.74, 6) is -1.93. The van der Waals surface area contributed by atoms with E-state index in [1.165, 1.54) is 17.0 Å². The molecule has 0 saturated carbocycles. The summed E-state index contributed by atoms with van der Waals surface area (Å²) in [6.07, 6.45) is -0.610. The van der Waals surface area contributed by atoms with Crippen molar-refractivity contribution in [2.24, 2.45) is 0 Å². The number of likely N-dealkylation sites (tertiary alicyclic amines) is 1. The first-order chi connectivity index (χ1) is 17.4. The second-order valence-electron chi connectivity index (χ2n) is 9.10. The molecule has 1 aromatic carbocycles. The molecule has 1 fully saturated rings. The first-order valence-electron chi connectivity index (χ1n) is 10.9. The summed E-state index contributed by atoms with van der Waals surface area (Å²) in [6, 6.07) is 3.63. The van der Waals surface area contributed by atoms with Crippen molar-refractivity contribution >= 4 is 35.4 Å². The van der Waals surface area contributed by atoms with Gasteiger partial charge in [0, 0.05) is 12.3 Å². The van der Waals surface area contributed by atoms with Gasteiger partial charge in [0.2, 0.25) is 5.82 Å². The average Bonchev–Trinajstić information content (AvgIpc) is 3.41. The average molecular weight is 557 g/mol. The maximum absolute atomic E-state index is 13.6. The molecule has 3 heterocycles. The van der Waals surface area contributed by atoms with Crippen LogP contribution in [0.15, 0.2) is 37.2 Å². The van der Waals surface area contributed by atoms with Gasteiger partial charge in [-0.3, -0.25) is 9.32 Å². The molecular formula is C21H22ClFN6O7S. The number of nitrogens with zero attached hydrogens (tertiary/aromatic N) is 5. The molecule has 0 aliphatic carbocycles. The van der Waals surface area contributed by atoms with Gasteiger partial charge in [-0.25, -0.2) is 23.2 Å². The Morgan fingerprint density at radius 1 is 1.30 bits per heavy atom. The molecule has 2 aromatic heterocycles. The first-order valence-corrected chi connectivity index (χ1v) is 12.2. The molecule has 0 atom stereocenters. The van der Waals surface area contributed by atoms with Crippen molar-refractivity contribution in [3.8, 4) is 17.2 Å². The van der Waals surface area contributed by atoms with E-state index in [2.05, 4.69) is 20.8 Å². The summed E-state index contributed by atoms with van der Waals surface area (Å²) < 4.78 is 29.3. The Bertz CT molecular complexity index is 1380. The Balaban J connectivity index is 1.34. The number of carbonyl (C=O) groups is 2. The van der Waals surface area contributed by atoms with Crippen LogP contribution < -0.4 is 11.1 Å². The largest absolute Gasteiger partial charge is 0.446 e. The predicted molar refractivity (Wildman–Crippen MR) is 127 cm³/mol. The molecule has 198 valence electrons. The van der Waals surface area contributed by atoms with Gasteiger partial charge in [0.1, 0.15) is 11.4 Å². The van der Waals surface area contributed by atoms with Crippen molar-refractivity contribution in [1.82, 2.24) is 30.3 Å². The summed E-state index contributed by atoms with van der Waals surface area (Å²) in [5, 5.41) is 24.4. The molecule has 3 aromatic rings. The number of halogens is 2. The Hall–Kier alpha value is -3.43. The standard InChI is InChI=1S/C21H22ClFN6O7S/c1-20(2,3)34-18(31)28-9-21(33,10-28)17(30)24-6-7-37-16-14(25-36-27-16)15-26-35-19(32)29(15)11-4-5-13(23)12(22)8-11/h4-5,8,33H,6-7,9-10H2,1-3H3,(H,24,30). The fraction of sp³-hybridized carbons (Fsp3) is 0.429. The Labute approximate surface area is 217 Å². The van der Waals surface area contributed by atoms with Gasteiger partial charge in [-0.05, 0) is 49.3 Å². The maximum atomic E-state index is 13.6. The highest BCUT2D eigenvalue weighted by molar-refractivity contribution is 7.99. The number of rotatable bonds is 7. The lowest BCUT2D eigenvalue weighted by Gasteiger charge is -2.44. The molecule has 0 radical (unpaired) electrons. The summed E-state index contributed by atoms with van der Waals surface area (Å²) in [7, 11) is 0. The molecule has 1 aliphatic rings. The van der Waals surface area contributed by atoms with Gasteiger partial charge >= 0.3 is 11.8 Å². The van der Waals surface area contributed by atoms with Gasteiger partial charge in [-0.2, -0.15) is 0 Å². The minimum atomic E-state index is -1.71. The van der Waals surface area contributed by atoms with Crippen LogP contribution in [0.1, 0.15) is 20.8 Å². The number of hydrogen-bond donors (Lipinski definition) is 2. The molecule has 16 heteroatoms. The van der Waals surface area contributed by atoms with Crippen LogP contribution in [0.25, 0.3) is 17.2 Å². The fourth-order valence-electron chi connectivity index (χ4n) is 3.32. The number of β-amino-alcohol motifs (C(OH)–C–C–N with tert-alkyl or cyclic N) is 1. The highest BCUT2D eigenvalue weighted by Gasteiger charge is 2.50. The molecule has 0 unspecified atom stereocenters. The monoisotopic (exact) mass is 556 g/mol. The van der Waals surface area contributed by atoms with Crippen LogP contribution >= 0.6 is 23.4 Å². The normalized spacial score (nSPS) is 14.8. The van der Waals surface area contributed by atoms with Crippen LogP contribution in [-0.4, -0.2) is 78.6 Å². The topological polar surface area (TPSA) is 166 Å². The minimum Gasteiger partial charge on any atom is -0.444 e. The minimum absolute atomic E-state index is 0.0496. The van der Waals surface area contributed by atoms with E-state index in [1.54, 1.807) is 20.8 Å². The van der Waals surface area contributed by atoms with Gasteiger partial charge < -0.3 is 20.1 Å². The van der Waals surface area contributed by atoms with E-state index in [0.717, 1.165) is 22.4 Å². The molecule has 4 rings (SSSR count). The zero-order valence-corrected chi connectivity index (χ0v) is 21.4. The summed E-state index contributed by atoms with van der Waals surface area (Å²) >= 11 is 6.95. The van der Waals surface area contributed by atoms with Crippen molar-refractivity contribution in [2.75, 3.05) is 25.4 Å². The summed E-state index contributed by atoms with van der Waals surface area (Å²) in [4.78, 5) is 37.9. The highest BCUT2D eigenvalue weighted by atomic mass is 35.5. The number of thioether (sulfide) groups is 1. The third-order valence-corrected chi connectivity index (χ3v) is 6.28. The Kier molecular flexibility index (Phi) is 7.30. The maximum Gasteiger partial charge on any atom is 0.446 e. The smallest absolute Gasteiger partial charge is 0.444 e. The van der Waals surface area contributed by atoms with Crippen LogP contribution in [0.3, 0.4) is 0 Å². The lowest BCUT2D eigenvalue weighted by atomic mass is 9.93. The molecule has 0 spiro atoms. The number of aliphatic hydroxyl groups is 1. The summed E-state index contributed by atoms with van der Waals surface area (Å²) in [5.41, 5.74) is -2.14. The van der Waals surface area contributed by atoms with E-state index in [-0.39, 0.29) is 52.6 Å². The summed E-state index contributed by atoms with van der Waals surface area (Å²) in [6.45, 7) is 4.92. The number of ether oxygens (including phenoxy) is 1. The van der Waals surface area contributed by atoms with E-state index in [4.69, 9.17) is 25.5 Å². The van der Waals surface area contributed by atoms with Crippen LogP contribution in [0.4, 0.5) is 9.18 Å². The van der Waals surface area contributed by atoms with Crippen LogP contribution in [-0.2, 0) is 9.53 Å². The van der Waals surface area contributed by atoms with E-state index in [9.17, 15) is 23.9 Å². The van der Waals surface area contributed by atoms with Gasteiger partial charge in [0.15, 0.2) is 16.3 Å². The Morgan fingerprint density at radius 3 is 2.70 bits per heavy atom. The molecule has 2 N–H and O–H groups in total. The first kappa shape index (κ1) is 26.6. The van der Waals surface area contributed by atoms with Gasteiger partial charge in [-0.1, -0.05) is 28.5 Å². The van der Waals surface area contributed by atoms with Crippen LogP contribution in [0.5, 0.6) is 0 Å². The third kappa shape index (κ3) is 5.78. The van der Waals surface area contributed by atoms with Crippen molar-refractivity contribution in [3.05, 3.63) is 39.6 Å². The zero-order chi connectivity index (χ0) is 27.0. The van der Waals surface area contributed by atoms with Crippen LogP contribution in [0, 0.1) is 5.82 Å². The third-order valence-electron chi connectivity index (χ3n) is 5.04. The zero-order valence-electron chi connectivity index (χ0n) is 19.9. The van der Waals surface area contributed by atoms with Gasteiger partial charge in [-0.15, -0.1) is 0 Å². The predicted octanol–water partition coefficient (Wildman–Crippen LogP) is 1.86. The molecule has 37 heavy (non-hydrogen) atoms. The fourth-order valence-corrected chi connectivity index (χ4v) is 4.25. The van der Waals surface area contributed by atoms with Crippen molar-refractivity contribution in [1.29, 1.82) is 0 Å². The second-order valence-corrected chi connectivity index (χ2v) is 10.6. The molecule has 13 nitrogen and oxygen atoms in total. The SMILES string of the molecule is CC(C)(C)OC(=O)N1CC(O)(C(=O)NCCSc2nonc2-c2noc(=O)n2-c2ccc(F)c(Cl)c2)C1. The van der Waals surface area contributed by atoms with E-state index in [1.807, 2.05) is 0 Å². The molecule has 0 bridgehead atoms. The van der Waals surface area contributed by atoms with Crippen molar-refractivity contribution in [3.63, 3.8) is 0 Å². The number of aromatic nitrogens is 4. The van der Waals surface area contributed by atoms with E-state index >= 15 is 0 Å². The second kappa shape index (κ2) is 10.1. The van der Waals surface area contributed by atoms with Gasteiger partial charge in [0.25, 0.3) is 5.91 Å². The van der Waals surface area contributed by atoms with Crippen molar-refractivity contribution < 1.29 is 33.0 Å². The molecule has 2 amide bonds. The highest BCUT2D eigenvalue weighted by Crippen LogP contribution is 2.29. The number of amides is 2. The lowest BCUT2D eigenvalue weighted by molar-refractivity contribution is -0.157. The number of benzene rings is 1. The van der Waals surface area contributed by atoms with Crippen molar-refractivity contribution in [2.45, 2.75) is 37.0 Å². The molecule has 1 aliphatic heterocycles. The number of nitrogens with one attached hydrogen (secondary N) is 1. The van der Waals surface area contributed by atoms with Crippen LogP contribution in [0.2, 0.25) is 5.02 Å². The molecule has 1 saturated heterocycles. The van der Waals surface area contributed by atoms with E-state index in [0.29, 0.717) is 0 Å². The molecular weight excluding hydrogens is 535 g/mol. The number of carbonyl (C=O) groups excluding carboxylic acids is 2. The quantitative estimate of drug-likeness (QED) is 0.322. The Morgan fingerprint density at radius 2 is 2.03 bits per heavy atom. The lowest BCUT2D eigenvalue weighted by Crippen LogP contribution is -2.70.